The number of hydrogen-bond acceptors (Lipinski definition) is 3. The zero-order chi connectivity index (χ0) is 8.48. The quantitative estimate of drug-likeness (QED) is 0.487. The maximum absolute atomic E-state index is 10.7. The molecule has 12 heavy (non-hydrogen) atoms. The molecule has 0 unspecified atom stereocenters. The van der Waals surface area contributed by atoms with Crippen molar-refractivity contribution in [2.45, 2.75) is 4.90 Å². The predicted molar refractivity (Wildman–Crippen MR) is 48.0 cm³/mol. The second-order valence-corrected chi connectivity index (χ2v) is 3.68. The van der Waals surface area contributed by atoms with Crippen molar-refractivity contribution < 1.29 is 8.42 Å². The van der Waals surface area contributed by atoms with Crippen molar-refractivity contribution in [1.29, 1.82) is 0 Å². The first-order chi connectivity index (χ1) is 5.00. The van der Waals surface area contributed by atoms with E-state index in [0.29, 0.717) is 5.69 Å². The summed E-state index contributed by atoms with van der Waals surface area (Å²) in [6, 6.07) is 5.70. The van der Waals surface area contributed by atoms with Crippen molar-refractivity contribution in [3.05, 3.63) is 24.3 Å². The van der Waals surface area contributed by atoms with Gasteiger partial charge in [0.1, 0.15) is 0 Å². The molecular formula is C6H8CaN2O2S. The van der Waals surface area contributed by atoms with Gasteiger partial charge in [0, 0.05) is 43.4 Å². The number of primary sulfonamides is 1. The molecule has 4 nitrogen and oxygen atoms in total. The summed E-state index contributed by atoms with van der Waals surface area (Å²) in [6.45, 7) is 0. The van der Waals surface area contributed by atoms with Crippen molar-refractivity contribution in [2.24, 2.45) is 5.14 Å². The van der Waals surface area contributed by atoms with E-state index in [-0.39, 0.29) is 42.6 Å². The zero-order valence-electron chi connectivity index (χ0n) is 6.40. The summed E-state index contributed by atoms with van der Waals surface area (Å²) in [5.74, 6) is 0. The van der Waals surface area contributed by atoms with E-state index in [2.05, 4.69) is 0 Å². The van der Waals surface area contributed by atoms with Crippen LogP contribution in [-0.2, 0) is 10.0 Å². The van der Waals surface area contributed by atoms with Crippen molar-refractivity contribution in [3.8, 4) is 0 Å². The van der Waals surface area contributed by atoms with Gasteiger partial charge in [-0.2, -0.15) is 0 Å². The van der Waals surface area contributed by atoms with Crippen LogP contribution in [-0.4, -0.2) is 46.2 Å². The molecule has 1 aromatic carbocycles. The molecule has 0 fully saturated rings. The molecule has 0 heterocycles. The topological polar surface area (TPSA) is 86.2 Å². The van der Waals surface area contributed by atoms with E-state index in [4.69, 9.17) is 10.9 Å². The average molecular weight is 212 g/mol. The van der Waals surface area contributed by atoms with E-state index in [1.54, 1.807) is 0 Å². The predicted octanol–water partition coefficient (Wildman–Crippen LogP) is -0.465. The second-order valence-electron chi connectivity index (χ2n) is 2.11. The summed E-state index contributed by atoms with van der Waals surface area (Å²) in [7, 11) is -3.58. The van der Waals surface area contributed by atoms with E-state index in [9.17, 15) is 8.42 Å². The Bertz CT molecular complexity index is 346. The van der Waals surface area contributed by atoms with Crippen LogP contribution in [0.3, 0.4) is 0 Å². The molecule has 2 radical (unpaired) electrons. The zero-order valence-corrected chi connectivity index (χ0v) is 9.42. The minimum absolute atomic E-state index is 0. The summed E-state index contributed by atoms with van der Waals surface area (Å²) in [5.41, 5.74) is 5.85. The molecule has 0 spiro atoms. The molecule has 0 aliphatic rings. The summed E-state index contributed by atoms with van der Waals surface area (Å²) >= 11 is 0. The Morgan fingerprint density at radius 2 is 1.50 bits per heavy atom. The van der Waals surface area contributed by atoms with E-state index < -0.39 is 10.0 Å². The molecule has 0 amide bonds. The third-order valence-electron chi connectivity index (χ3n) is 1.21. The van der Waals surface area contributed by atoms with Crippen LogP contribution in [0.1, 0.15) is 0 Å². The van der Waals surface area contributed by atoms with Crippen LogP contribution >= 0.6 is 0 Å². The third-order valence-corrected chi connectivity index (χ3v) is 2.14. The minimum atomic E-state index is -3.58. The number of rotatable bonds is 1. The third kappa shape index (κ3) is 3.28. The standard InChI is InChI=1S/C6H8N2O2S.Ca/c7-5-1-3-6(4-2-5)11(8,9)10;/h1-4H,7H2,(H2,8,9,10);. The van der Waals surface area contributed by atoms with Gasteiger partial charge in [-0.05, 0) is 24.3 Å². The van der Waals surface area contributed by atoms with Crippen LogP contribution in [0.4, 0.5) is 5.69 Å². The maximum atomic E-state index is 10.7. The summed E-state index contributed by atoms with van der Waals surface area (Å²) in [4.78, 5) is 0.0756. The van der Waals surface area contributed by atoms with Gasteiger partial charge in [0.2, 0.25) is 10.0 Å². The molecule has 0 saturated heterocycles. The van der Waals surface area contributed by atoms with Gasteiger partial charge >= 0.3 is 0 Å². The molecule has 6 heteroatoms. The first-order valence-corrected chi connectivity index (χ1v) is 4.43. The van der Waals surface area contributed by atoms with Gasteiger partial charge in [0.05, 0.1) is 4.90 Å². The van der Waals surface area contributed by atoms with Gasteiger partial charge in [0.25, 0.3) is 0 Å². The summed E-state index contributed by atoms with van der Waals surface area (Å²) in [6.07, 6.45) is 0. The number of sulfonamides is 1. The van der Waals surface area contributed by atoms with Gasteiger partial charge in [-0.25, -0.2) is 13.6 Å². The number of nitrogens with two attached hydrogens (primary N) is 2. The Hall–Kier alpha value is 0.190. The fourth-order valence-electron chi connectivity index (χ4n) is 0.658. The Morgan fingerprint density at radius 3 is 1.83 bits per heavy atom. The second kappa shape index (κ2) is 4.43. The van der Waals surface area contributed by atoms with Crippen molar-refractivity contribution >= 4 is 53.4 Å². The normalized spacial score (nSPS) is 10.4. The summed E-state index contributed by atoms with van der Waals surface area (Å²) in [5, 5.41) is 4.84. The van der Waals surface area contributed by atoms with E-state index in [1.165, 1.54) is 24.3 Å². The Balaban J connectivity index is 0.00000121. The average Bonchev–Trinajstić information content (AvgIpc) is 1.86. The summed E-state index contributed by atoms with van der Waals surface area (Å²) < 4.78 is 21.4. The number of benzene rings is 1. The van der Waals surface area contributed by atoms with Crippen molar-refractivity contribution in [3.63, 3.8) is 0 Å². The van der Waals surface area contributed by atoms with Gasteiger partial charge in [-0.1, -0.05) is 0 Å². The van der Waals surface area contributed by atoms with Crippen molar-refractivity contribution in [2.75, 3.05) is 5.73 Å². The van der Waals surface area contributed by atoms with Crippen LogP contribution in [0.15, 0.2) is 29.2 Å². The van der Waals surface area contributed by atoms with Crippen LogP contribution in [0, 0.1) is 0 Å². The Labute approximate surface area is 101 Å². The molecule has 0 aromatic heterocycles. The van der Waals surface area contributed by atoms with Crippen LogP contribution < -0.4 is 10.9 Å². The minimum Gasteiger partial charge on any atom is -0.399 e. The molecule has 0 aliphatic heterocycles. The number of anilines is 1. The van der Waals surface area contributed by atoms with Crippen LogP contribution in [0.25, 0.3) is 0 Å². The first kappa shape index (κ1) is 12.2. The molecule has 0 aliphatic carbocycles. The Kier molecular flexibility index (Phi) is 4.50. The van der Waals surface area contributed by atoms with Gasteiger partial charge in [-0.15, -0.1) is 0 Å². The van der Waals surface area contributed by atoms with Crippen LogP contribution in [0.5, 0.6) is 0 Å². The molecule has 62 valence electrons. The fraction of sp³-hybridized carbons (Fsp3) is 0. The molecule has 1 rings (SSSR count). The van der Waals surface area contributed by atoms with E-state index >= 15 is 0 Å². The molecule has 1 aromatic rings. The molecular weight excluding hydrogens is 204 g/mol. The van der Waals surface area contributed by atoms with Gasteiger partial charge < -0.3 is 5.73 Å². The monoisotopic (exact) mass is 212 g/mol. The van der Waals surface area contributed by atoms with Gasteiger partial charge in [-0.3, -0.25) is 0 Å². The maximum Gasteiger partial charge on any atom is 0.238 e. The van der Waals surface area contributed by atoms with Crippen molar-refractivity contribution in [1.82, 2.24) is 0 Å². The van der Waals surface area contributed by atoms with E-state index in [0.717, 1.165) is 0 Å². The van der Waals surface area contributed by atoms with Gasteiger partial charge in [0.15, 0.2) is 0 Å². The molecule has 4 N–H and O–H groups in total. The number of hydrogen-bond donors (Lipinski definition) is 2. The molecule has 0 saturated carbocycles. The first-order valence-electron chi connectivity index (χ1n) is 2.88. The SMILES string of the molecule is Nc1ccc(S(N)(=O)=O)cc1.[Ca]. The number of nitrogen functional groups attached to an aromatic ring is 1. The smallest absolute Gasteiger partial charge is 0.238 e. The van der Waals surface area contributed by atoms with E-state index in [1.807, 2.05) is 0 Å². The fourth-order valence-corrected chi connectivity index (χ4v) is 1.17. The van der Waals surface area contributed by atoms with Crippen LogP contribution in [0.2, 0.25) is 0 Å². The molecule has 0 bridgehead atoms. The largest absolute Gasteiger partial charge is 0.399 e. The Morgan fingerprint density at radius 1 is 1.08 bits per heavy atom. The molecule has 0 atom stereocenters.